The van der Waals surface area contributed by atoms with Gasteiger partial charge in [0, 0.05) is 0 Å². The molecule has 8 aliphatic carbocycles. The van der Waals surface area contributed by atoms with Crippen molar-refractivity contribution in [2.75, 3.05) is 0 Å². The van der Waals surface area contributed by atoms with E-state index in [9.17, 15) is 0 Å². The first kappa shape index (κ1) is 12.4. The molecule has 15 atom stereocenters. The first-order valence-electron chi connectivity index (χ1n) is 11.3. The molecule has 14 unspecified atom stereocenters. The van der Waals surface area contributed by atoms with Crippen LogP contribution in [-0.2, 0) is 0 Å². The van der Waals surface area contributed by atoms with E-state index < -0.39 is 0 Å². The SMILES string of the molecule is C[C@@H]1CC2CC1C1C3CC(C21)C1C2CC(C4C5CCC(C5)C24)C31. The molecular formula is C23H32. The first-order valence-corrected chi connectivity index (χ1v) is 11.3. The summed E-state index contributed by atoms with van der Waals surface area (Å²) >= 11 is 0. The Balaban J connectivity index is 1.23. The Morgan fingerprint density at radius 1 is 0.435 bits per heavy atom. The van der Waals surface area contributed by atoms with Gasteiger partial charge in [-0.3, -0.25) is 0 Å². The summed E-state index contributed by atoms with van der Waals surface area (Å²) in [6, 6.07) is 0. The van der Waals surface area contributed by atoms with E-state index in [1.165, 1.54) is 82.9 Å². The van der Waals surface area contributed by atoms with Crippen LogP contribution in [0.25, 0.3) is 0 Å². The standard InChI is InChI=1S/C23H32/c1-9-4-12-6-13(9)21-17-8-16(20(12)21)22-14-7-15(23(17)22)19-11-3-2-10(5-11)18(14)19/h9-23H,2-8H2,1H3/t9-,10?,11?,12?,13?,14?,15?,16?,17?,18?,19?,20?,21?,22?,23?/m1/s1. The molecule has 0 radical (unpaired) electrons. The van der Waals surface area contributed by atoms with Crippen LogP contribution >= 0.6 is 0 Å². The molecular weight excluding hydrogens is 276 g/mol. The first-order chi connectivity index (χ1) is 11.3. The van der Waals surface area contributed by atoms with Crippen LogP contribution in [0.1, 0.15) is 51.9 Å². The number of hydrogen-bond donors (Lipinski definition) is 0. The van der Waals surface area contributed by atoms with Crippen molar-refractivity contribution in [1.29, 1.82) is 0 Å². The van der Waals surface area contributed by atoms with Crippen LogP contribution in [0.3, 0.4) is 0 Å². The van der Waals surface area contributed by atoms with Gasteiger partial charge in [0.25, 0.3) is 0 Å². The normalized spacial score (nSPS) is 77.9. The highest BCUT2D eigenvalue weighted by molar-refractivity contribution is 5.23. The molecule has 0 nitrogen and oxygen atoms in total. The Bertz CT molecular complexity index is 593. The Labute approximate surface area is 141 Å². The molecule has 0 heteroatoms. The Hall–Kier alpha value is 0. The van der Waals surface area contributed by atoms with Crippen molar-refractivity contribution in [2.24, 2.45) is 88.8 Å². The second-order valence-corrected chi connectivity index (χ2v) is 11.8. The van der Waals surface area contributed by atoms with E-state index in [0.29, 0.717) is 0 Å². The van der Waals surface area contributed by atoms with Gasteiger partial charge < -0.3 is 0 Å². The van der Waals surface area contributed by atoms with Crippen LogP contribution in [0.2, 0.25) is 0 Å². The zero-order valence-corrected chi connectivity index (χ0v) is 14.6. The highest BCUT2D eigenvalue weighted by Crippen LogP contribution is 2.81. The summed E-state index contributed by atoms with van der Waals surface area (Å²) in [4.78, 5) is 0. The highest BCUT2D eigenvalue weighted by Gasteiger charge is 2.75. The topological polar surface area (TPSA) is 0 Å². The van der Waals surface area contributed by atoms with Crippen molar-refractivity contribution >= 4 is 0 Å². The molecule has 0 spiro atoms. The van der Waals surface area contributed by atoms with Gasteiger partial charge in [0.2, 0.25) is 0 Å². The Morgan fingerprint density at radius 2 is 0.957 bits per heavy atom. The van der Waals surface area contributed by atoms with Crippen LogP contribution < -0.4 is 0 Å². The van der Waals surface area contributed by atoms with Gasteiger partial charge in [0.05, 0.1) is 0 Å². The molecule has 8 aliphatic rings. The van der Waals surface area contributed by atoms with Gasteiger partial charge in [0.1, 0.15) is 0 Å². The van der Waals surface area contributed by atoms with E-state index >= 15 is 0 Å². The van der Waals surface area contributed by atoms with Gasteiger partial charge in [-0.15, -0.1) is 0 Å². The minimum absolute atomic E-state index is 1.09. The molecule has 0 aromatic heterocycles. The van der Waals surface area contributed by atoms with E-state index in [0.717, 1.165) is 5.92 Å². The highest BCUT2D eigenvalue weighted by atomic mass is 14.8. The minimum Gasteiger partial charge on any atom is -0.0622 e. The maximum absolute atomic E-state index is 2.61. The number of fused-ring (bicyclic) bond motifs is 23. The fourth-order valence-electron chi connectivity index (χ4n) is 12.4. The van der Waals surface area contributed by atoms with Crippen LogP contribution in [0.4, 0.5) is 0 Å². The van der Waals surface area contributed by atoms with Crippen molar-refractivity contribution in [3.8, 4) is 0 Å². The Morgan fingerprint density at radius 3 is 1.61 bits per heavy atom. The maximum atomic E-state index is 2.61. The molecule has 8 fully saturated rings. The molecule has 0 aliphatic heterocycles. The molecule has 0 heterocycles. The van der Waals surface area contributed by atoms with E-state index in [4.69, 9.17) is 0 Å². The molecule has 8 rings (SSSR count). The average Bonchev–Trinajstić information content (AvgIpc) is 3.34. The van der Waals surface area contributed by atoms with Gasteiger partial charge >= 0.3 is 0 Å². The third-order valence-corrected chi connectivity index (χ3v) is 12.0. The lowest BCUT2D eigenvalue weighted by atomic mass is 9.54. The summed E-state index contributed by atoms with van der Waals surface area (Å²) < 4.78 is 0. The van der Waals surface area contributed by atoms with Crippen molar-refractivity contribution < 1.29 is 0 Å². The van der Waals surface area contributed by atoms with Crippen molar-refractivity contribution in [3.63, 3.8) is 0 Å². The second kappa shape index (κ2) is 3.59. The van der Waals surface area contributed by atoms with Gasteiger partial charge in [-0.2, -0.15) is 0 Å². The molecule has 8 bridgehead atoms. The quantitative estimate of drug-likeness (QED) is 0.547. The summed E-state index contributed by atoms with van der Waals surface area (Å²) in [6.07, 6.45) is 11.7. The monoisotopic (exact) mass is 308 g/mol. The average molecular weight is 309 g/mol. The fraction of sp³-hybridized carbons (Fsp3) is 1.00. The van der Waals surface area contributed by atoms with E-state index in [1.807, 2.05) is 0 Å². The predicted octanol–water partition coefficient (Wildman–Crippen LogP) is 5.09. The van der Waals surface area contributed by atoms with E-state index in [1.54, 1.807) is 44.9 Å². The van der Waals surface area contributed by atoms with Crippen LogP contribution in [0.5, 0.6) is 0 Å². The van der Waals surface area contributed by atoms with E-state index in [-0.39, 0.29) is 0 Å². The van der Waals surface area contributed by atoms with Crippen molar-refractivity contribution in [3.05, 3.63) is 0 Å². The second-order valence-electron chi connectivity index (χ2n) is 11.8. The molecule has 8 saturated carbocycles. The molecule has 0 aromatic carbocycles. The summed E-state index contributed by atoms with van der Waals surface area (Å²) in [5.74, 6) is 18.2. The summed E-state index contributed by atoms with van der Waals surface area (Å²) in [6.45, 7) is 2.61. The number of hydrogen-bond acceptors (Lipinski definition) is 0. The van der Waals surface area contributed by atoms with Crippen LogP contribution in [0, 0.1) is 88.8 Å². The Kier molecular flexibility index (Phi) is 1.93. The van der Waals surface area contributed by atoms with Gasteiger partial charge in [-0.25, -0.2) is 0 Å². The summed E-state index contributed by atoms with van der Waals surface area (Å²) in [5.41, 5.74) is 0. The zero-order chi connectivity index (χ0) is 14.6. The smallest absolute Gasteiger partial charge is 0.0318 e. The largest absolute Gasteiger partial charge is 0.0622 e. The minimum atomic E-state index is 1.09. The predicted molar refractivity (Wildman–Crippen MR) is 90.3 cm³/mol. The molecule has 23 heavy (non-hydrogen) atoms. The third kappa shape index (κ3) is 1.11. The fourth-order valence-corrected chi connectivity index (χ4v) is 12.4. The van der Waals surface area contributed by atoms with Gasteiger partial charge in [-0.05, 0) is 134 Å². The van der Waals surface area contributed by atoms with Crippen molar-refractivity contribution in [1.82, 2.24) is 0 Å². The number of rotatable bonds is 0. The summed E-state index contributed by atoms with van der Waals surface area (Å²) in [7, 11) is 0. The maximum Gasteiger partial charge on any atom is -0.0318 e. The van der Waals surface area contributed by atoms with Gasteiger partial charge in [0.15, 0.2) is 0 Å². The lowest BCUT2D eigenvalue weighted by molar-refractivity contribution is -0.0362. The van der Waals surface area contributed by atoms with Gasteiger partial charge in [-0.1, -0.05) is 6.92 Å². The third-order valence-electron chi connectivity index (χ3n) is 12.0. The van der Waals surface area contributed by atoms with Crippen LogP contribution in [0.15, 0.2) is 0 Å². The lowest BCUT2D eigenvalue weighted by Gasteiger charge is -2.51. The summed E-state index contributed by atoms with van der Waals surface area (Å²) in [5, 5.41) is 0. The zero-order valence-electron chi connectivity index (χ0n) is 14.6. The molecule has 0 aromatic rings. The molecule has 124 valence electrons. The molecule has 0 saturated heterocycles. The molecule has 0 amide bonds. The molecule has 0 N–H and O–H groups in total. The van der Waals surface area contributed by atoms with Crippen LogP contribution in [-0.4, -0.2) is 0 Å². The van der Waals surface area contributed by atoms with Crippen molar-refractivity contribution in [2.45, 2.75) is 51.9 Å². The van der Waals surface area contributed by atoms with E-state index in [2.05, 4.69) is 6.92 Å². The lowest BCUT2D eigenvalue weighted by Crippen LogP contribution is -2.47.